The molecule has 1 heterocycles. The minimum Gasteiger partial charge on any atom is -0.490 e. The molecule has 0 aliphatic heterocycles. The highest BCUT2D eigenvalue weighted by Crippen LogP contribution is 2.36. The van der Waals surface area contributed by atoms with Gasteiger partial charge < -0.3 is 14.4 Å². The average molecular weight is 487 g/mol. The summed E-state index contributed by atoms with van der Waals surface area (Å²) in [6.07, 6.45) is 1.55. The zero-order valence-corrected chi connectivity index (χ0v) is 19.3. The number of carbonyl (C=O) groups excluding carboxylic acids is 1. The molecule has 0 N–H and O–H groups in total. The standard InChI is InChI=1S/C22H23BrN4O4/c1-5-30-19-11-15(10-17(23)21(19)31-13-20(28)26(3)4)12-24-27-14(2)25-18-9-7-6-8-16(18)22(27)29/h6-12H,5,13H2,1-4H3. The van der Waals surface area contributed by atoms with Crippen LogP contribution in [-0.4, -0.2) is 54.0 Å². The van der Waals surface area contributed by atoms with E-state index in [-0.39, 0.29) is 18.1 Å². The predicted octanol–water partition coefficient (Wildman–Crippen LogP) is 3.22. The van der Waals surface area contributed by atoms with Crippen molar-refractivity contribution < 1.29 is 14.3 Å². The van der Waals surface area contributed by atoms with Gasteiger partial charge in [-0.05, 0) is 59.6 Å². The monoisotopic (exact) mass is 486 g/mol. The number of para-hydroxylation sites is 1. The Kier molecular flexibility index (Phi) is 7.06. The number of benzene rings is 2. The van der Waals surface area contributed by atoms with Crippen molar-refractivity contribution >= 4 is 39.0 Å². The number of aryl methyl sites for hydroxylation is 1. The lowest BCUT2D eigenvalue weighted by atomic mass is 10.2. The van der Waals surface area contributed by atoms with Gasteiger partial charge in [0.2, 0.25) is 0 Å². The molecular weight excluding hydrogens is 464 g/mol. The Labute approximate surface area is 188 Å². The van der Waals surface area contributed by atoms with E-state index in [9.17, 15) is 9.59 Å². The Morgan fingerprint density at radius 1 is 1.26 bits per heavy atom. The van der Waals surface area contributed by atoms with Crippen LogP contribution in [0.5, 0.6) is 11.5 Å². The van der Waals surface area contributed by atoms with Crippen molar-refractivity contribution in [2.75, 3.05) is 27.3 Å². The zero-order valence-electron chi connectivity index (χ0n) is 17.8. The Morgan fingerprint density at radius 3 is 2.71 bits per heavy atom. The van der Waals surface area contributed by atoms with Crippen molar-refractivity contribution in [3.8, 4) is 11.5 Å². The maximum Gasteiger partial charge on any atom is 0.282 e. The number of likely N-dealkylation sites (N-methyl/N-ethyl adjacent to an activating group) is 1. The summed E-state index contributed by atoms with van der Waals surface area (Å²) in [7, 11) is 3.32. The number of halogens is 1. The molecule has 9 heteroatoms. The molecule has 0 unspecified atom stereocenters. The van der Waals surface area contributed by atoms with Crippen molar-refractivity contribution in [2.45, 2.75) is 13.8 Å². The van der Waals surface area contributed by atoms with E-state index in [1.807, 2.05) is 13.0 Å². The smallest absolute Gasteiger partial charge is 0.282 e. The van der Waals surface area contributed by atoms with E-state index in [1.54, 1.807) is 57.6 Å². The normalized spacial score (nSPS) is 11.1. The maximum atomic E-state index is 12.8. The molecule has 3 rings (SSSR count). The highest BCUT2D eigenvalue weighted by molar-refractivity contribution is 9.10. The van der Waals surface area contributed by atoms with Crippen LogP contribution in [0.2, 0.25) is 0 Å². The Hall–Kier alpha value is -3.20. The van der Waals surface area contributed by atoms with Gasteiger partial charge in [0.25, 0.3) is 11.5 Å². The number of carbonyl (C=O) groups is 1. The van der Waals surface area contributed by atoms with Gasteiger partial charge in [0.05, 0.1) is 28.2 Å². The fourth-order valence-corrected chi connectivity index (χ4v) is 3.40. The molecule has 0 saturated carbocycles. The molecular formula is C22H23BrN4O4. The molecule has 1 amide bonds. The fourth-order valence-electron chi connectivity index (χ4n) is 2.82. The van der Waals surface area contributed by atoms with Crippen LogP contribution < -0.4 is 15.0 Å². The molecule has 31 heavy (non-hydrogen) atoms. The molecule has 162 valence electrons. The molecule has 3 aromatic rings. The van der Waals surface area contributed by atoms with Crippen molar-refractivity contribution in [3.63, 3.8) is 0 Å². The van der Waals surface area contributed by atoms with E-state index in [2.05, 4.69) is 26.0 Å². The molecule has 0 bridgehead atoms. The van der Waals surface area contributed by atoms with Crippen LogP contribution in [0.1, 0.15) is 18.3 Å². The third-order valence-electron chi connectivity index (χ3n) is 4.41. The third kappa shape index (κ3) is 5.11. The fraction of sp³-hybridized carbons (Fsp3) is 0.273. The first-order chi connectivity index (χ1) is 14.8. The number of amides is 1. The first-order valence-corrected chi connectivity index (χ1v) is 10.4. The average Bonchev–Trinajstić information content (AvgIpc) is 2.73. The molecule has 0 spiro atoms. The summed E-state index contributed by atoms with van der Waals surface area (Å²) in [6, 6.07) is 10.7. The summed E-state index contributed by atoms with van der Waals surface area (Å²) < 4.78 is 13.2. The number of rotatable bonds is 7. The second-order valence-corrected chi connectivity index (χ2v) is 7.73. The van der Waals surface area contributed by atoms with Crippen LogP contribution in [-0.2, 0) is 4.79 Å². The van der Waals surface area contributed by atoms with E-state index < -0.39 is 0 Å². The number of nitrogens with zero attached hydrogens (tertiary/aromatic N) is 4. The van der Waals surface area contributed by atoms with Crippen LogP contribution in [0.25, 0.3) is 10.9 Å². The van der Waals surface area contributed by atoms with Crippen molar-refractivity contribution in [2.24, 2.45) is 5.10 Å². The van der Waals surface area contributed by atoms with E-state index in [0.29, 0.717) is 44.9 Å². The van der Waals surface area contributed by atoms with Gasteiger partial charge in [-0.2, -0.15) is 9.78 Å². The van der Waals surface area contributed by atoms with E-state index in [1.165, 1.54) is 9.58 Å². The highest BCUT2D eigenvalue weighted by atomic mass is 79.9. The summed E-state index contributed by atoms with van der Waals surface area (Å²) >= 11 is 3.47. The number of fused-ring (bicyclic) bond motifs is 1. The summed E-state index contributed by atoms with van der Waals surface area (Å²) in [5.41, 5.74) is 1.07. The molecule has 1 aromatic heterocycles. The first-order valence-electron chi connectivity index (χ1n) is 9.63. The van der Waals surface area contributed by atoms with Gasteiger partial charge in [-0.25, -0.2) is 4.98 Å². The maximum absolute atomic E-state index is 12.8. The lowest BCUT2D eigenvalue weighted by Crippen LogP contribution is -2.27. The second kappa shape index (κ2) is 9.74. The summed E-state index contributed by atoms with van der Waals surface area (Å²) in [5, 5.41) is 4.83. The lowest BCUT2D eigenvalue weighted by Gasteiger charge is -2.16. The molecule has 0 radical (unpaired) electrons. The zero-order chi connectivity index (χ0) is 22.5. The Balaban J connectivity index is 1.95. The second-order valence-electron chi connectivity index (χ2n) is 6.88. The Bertz CT molecular complexity index is 1200. The van der Waals surface area contributed by atoms with E-state index >= 15 is 0 Å². The van der Waals surface area contributed by atoms with Crippen LogP contribution in [0.15, 0.2) is 50.8 Å². The summed E-state index contributed by atoms with van der Waals surface area (Å²) in [6.45, 7) is 3.88. The number of aromatic nitrogens is 2. The third-order valence-corrected chi connectivity index (χ3v) is 5.00. The lowest BCUT2D eigenvalue weighted by molar-refractivity contribution is -0.130. The molecule has 0 saturated heterocycles. The molecule has 8 nitrogen and oxygen atoms in total. The molecule has 0 atom stereocenters. The van der Waals surface area contributed by atoms with Crippen molar-refractivity contribution in [1.82, 2.24) is 14.6 Å². The quantitative estimate of drug-likeness (QED) is 0.478. The van der Waals surface area contributed by atoms with Gasteiger partial charge in [0.1, 0.15) is 5.82 Å². The number of ether oxygens (including phenoxy) is 2. The summed E-state index contributed by atoms with van der Waals surface area (Å²) in [4.78, 5) is 30.5. The first kappa shape index (κ1) is 22.5. The molecule has 0 fully saturated rings. The SMILES string of the molecule is CCOc1cc(C=Nn2c(C)nc3ccccc3c2=O)cc(Br)c1OCC(=O)N(C)C. The van der Waals surface area contributed by atoms with Crippen molar-refractivity contribution in [1.29, 1.82) is 0 Å². The largest absolute Gasteiger partial charge is 0.490 e. The summed E-state index contributed by atoms with van der Waals surface area (Å²) in [5.74, 6) is 1.20. The number of hydrogen-bond acceptors (Lipinski definition) is 6. The molecule has 0 aliphatic rings. The predicted molar refractivity (Wildman–Crippen MR) is 123 cm³/mol. The van der Waals surface area contributed by atoms with Crippen LogP contribution in [0.3, 0.4) is 0 Å². The van der Waals surface area contributed by atoms with Crippen LogP contribution in [0.4, 0.5) is 0 Å². The van der Waals surface area contributed by atoms with Gasteiger partial charge in [-0.3, -0.25) is 9.59 Å². The number of hydrogen-bond donors (Lipinski definition) is 0. The molecule has 2 aromatic carbocycles. The van der Waals surface area contributed by atoms with Crippen molar-refractivity contribution in [3.05, 3.63) is 62.6 Å². The minimum absolute atomic E-state index is 0.115. The molecule has 0 aliphatic carbocycles. The Morgan fingerprint density at radius 2 is 2.00 bits per heavy atom. The van der Waals surface area contributed by atoms with Gasteiger partial charge in [0.15, 0.2) is 18.1 Å². The van der Waals surface area contributed by atoms with Gasteiger partial charge in [0, 0.05) is 14.1 Å². The van der Waals surface area contributed by atoms with Crippen LogP contribution in [0, 0.1) is 6.92 Å². The topological polar surface area (TPSA) is 86.0 Å². The van der Waals surface area contributed by atoms with Gasteiger partial charge in [-0.15, -0.1) is 0 Å². The van der Waals surface area contributed by atoms with Gasteiger partial charge in [-0.1, -0.05) is 12.1 Å². The van der Waals surface area contributed by atoms with E-state index in [0.717, 1.165) is 0 Å². The highest BCUT2D eigenvalue weighted by Gasteiger charge is 2.15. The van der Waals surface area contributed by atoms with E-state index in [4.69, 9.17) is 9.47 Å². The minimum atomic E-state index is -0.245. The van der Waals surface area contributed by atoms with Gasteiger partial charge >= 0.3 is 0 Å². The van der Waals surface area contributed by atoms with Crippen LogP contribution >= 0.6 is 15.9 Å².